The van der Waals surface area contributed by atoms with Crippen LogP contribution in [-0.2, 0) is 13.0 Å². The molecule has 0 aliphatic heterocycles. The molecular formula is C20H27IN6O. The summed E-state index contributed by atoms with van der Waals surface area (Å²) in [5, 5.41) is 15.0. The van der Waals surface area contributed by atoms with E-state index >= 15 is 0 Å². The predicted molar refractivity (Wildman–Crippen MR) is 123 cm³/mol. The van der Waals surface area contributed by atoms with Crippen LogP contribution in [0.1, 0.15) is 24.7 Å². The van der Waals surface area contributed by atoms with Gasteiger partial charge in [0, 0.05) is 19.8 Å². The van der Waals surface area contributed by atoms with Gasteiger partial charge in [-0.2, -0.15) is 0 Å². The van der Waals surface area contributed by atoms with E-state index in [1.165, 1.54) is 5.56 Å². The third-order valence-electron chi connectivity index (χ3n) is 4.10. The van der Waals surface area contributed by atoms with Gasteiger partial charge in [-0.05, 0) is 42.7 Å². The van der Waals surface area contributed by atoms with Crippen LogP contribution in [-0.4, -0.2) is 40.8 Å². The second-order valence-corrected chi connectivity index (χ2v) is 6.14. The Kier molecular flexibility index (Phi) is 8.99. The maximum atomic E-state index is 5.69. The van der Waals surface area contributed by atoms with E-state index in [0.717, 1.165) is 49.2 Å². The number of ether oxygens (including phenoxy) is 1. The molecule has 2 aromatic heterocycles. The summed E-state index contributed by atoms with van der Waals surface area (Å²) in [5.41, 5.74) is 2.07. The lowest BCUT2D eigenvalue weighted by atomic mass is 10.1. The Morgan fingerprint density at radius 3 is 2.86 bits per heavy atom. The number of nitrogens with zero attached hydrogens (tertiary/aromatic N) is 4. The molecular weight excluding hydrogens is 467 g/mol. The molecule has 2 heterocycles. The molecule has 8 heteroatoms. The van der Waals surface area contributed by atoms with Crippen LogP contribution < -0.4 is 15.4 Å². The van der Waals surface area contributed by atoms with Crippen molar-refractivity contribution >= 4 is 35.6 Å². The van der Waals surface area contributed by atoms with Crippen molar-refractivity contribution in [2.45, 2.75) is 26.3 Å². The minimum absolute atomic E-state index is 0. The molecule has 0 aliphatic rings. The molecule has 150 valence electrons. The highest BCUT2D eigenvalue weighted by molar-refractivity contribution is 14.0. The number of rotatable bonds is 8. The van der Waals surface area contributed by atoms with Gasteiger partial charge in [-0.3, -0.25) is 9.39 Å². The normalized spacial score (nSPS) is 11.1. The molecule has 1 aromatic carbocycles. The van der Waals surface area contributed by atoms with E-state index in [9.17, 15) is 0 Å². The second-order valence-electron chi connectivity index (χ2n) is 6.14. The second kappa shape index (κ2) is 11.5. The van der Waals surface area contributed by atoms with Crippen LogP contribution in [0.15, 0.2) is 53.7 Å². The summed E-state index contributed by atoms with van der Waals surface area (Å²) in [7, 11) is 1.76. The average Bonchev–Trinajstić information content (AvgIpc) is 3.12. The standard InChI is InChI=1S/C20H26N6O.HI/c1-3-13-27-17-8-6-7-16(14-17)10-11-22-20(21-2)23-15-19-25-24-18-9-4-5-12-26(18)19;/h4-9,12,14H,3,10-11,13,15H2,1-2H3,(H2,21,22,23);1H. The molecule has 0 aliphatic carbocycles. The van der Waals surface area contributed by atoms with Gasteiger partial charge in [0.15, 0.2) is 17.4 Å². The van der Waals surface area contributed by atoms with Crippen molar-refractivity contribution in [2.75, 3.05) is 20.2 Å². The number of nitrogens with one attached hydrogen (secondary N) is 2. The first-order valence-electron chi connectivity index (χ1n) is 9.25. The van der Waals surface area contributed by atoms with Gasteiger partial charge in [0.2, 0.25) is 0 Å². The summed E-state index contributed by atoms with van der Waals surface area (Å²) in [5.74, 6) is 2.51. The van der Waals surface area contributed by atoms with Crippen molar-refractivity contribution in [1.82, 2.24) is 25.2 Å². The number of pyridine rings is 1. The van der Waals surface area contributed by atoms with Gasteiger partial charge in [0.05, 0.1) is 13.2 Å². The van der Waals surface area contributed by atoms with Gasteiger partial charge in [-0.1, -0.05) is 25.1 Å². The molecule has 0 saturated heterocycles. The highest BCUT2D eigenvalue weighted by Crippen LogP contribution is 2.13. The van der Waals surface area contributed by atoms with E-state index in [0.29, 0.717) is 6.54 Å². The Morgan fingerprint density at radius 2 is 2.04 bits per heavy atom. The fourth-order valence-electron chi connectivity index (χ4n) is 2.73. The first-order valence-corrected chi connectivity index (χ1v) is 9.25. The van der Waals surface area contributed by atoms with Gasteiger partial charge in [0.25, 0.3) is 0 Å². The zero-order valence-electron chi connectivity index (χ0n) is 16.3. The molecule has 0 unspecified atom stereocenters. The van der Waals surface area contributed by atoms with Gasteiger partial charge in [-0.15, -0.1) is 34.2 Å². The number of aromatic nitrogens is 3. The Hall–Kier alpha value is -2.36. The lowest BCUT2D eigenvalue weighted by Crippen LogP contribution is -2.38. The topological polar surface area (TPSA) is 75.8 Å². The lowest BCUT2D eigenvalue weighted by Gasteiger charge is -2.12. The molecule has 3 rings (SSSR count). The Labute approximate surface area is 182 Å². The molecule has 0 amide bonds. The minimum Gasteiger partial charge on any atom is -0.494 e. The number of fused-ring (bicyclic) bond motifs is 1. The molecule has 2 N–H and O–H groups in total. The number of guanidine groups is 1. The first kappa shape index (κ1) is 21.9. The average molecular weight is 494 g/mol. The summed E-state index contributed by atoms with van der Waals surface area (Å²) in [6, 6.07) is 14.1. The molecule has 0 bridgehead atoms. The molecule has 0 fully saturated rings. The fourth-order valence-corrected chi connectivity index (χ4v) is 2.73. The van der Waals surface area contributed by atoms with Gasteiger partial charge in [0.1, 0.15) is 5.75 Å². The van der Waals surface area contributed by atoms with Crippen LogP contribution >= 0.6 is 24.0 Å². The smallest absolute Gasteiger partial charge is 0.191 e. The highest BCUT2D eigenvalue weighted by atomic mass is 127. The third-order valence-corrected chi connectivity index (χ3v) is 4.10. The third kappa shape index (κ3) is 6.08. The quantitative estimate of drug-likeness (QED) is 0.286. The zero-order valence-corrected chi connectivity index (χ0v) is 18.6. The maximum absolute atomic E-state index is 5.69. The molecule has 7 nitrogen and oxygen atoms in total. The number of aliphatic imine (C=N–C) groups is 1. The number of halogens is 1. The first-order chi connectivity index (χ1) is 13.3. The van der Waals surface area contributed by atoms with Crippen molar-refractivity contribution in [2.24, 2.45) is 4.99 Å². The molecule has 0 saturated carbocycles. The lowest BCUT2D eigenvalue weighted by molar-refractivity contribution is 0.317. The molecule has 3 aromatic rings. The van der Waals surface area contributed by atoms with E-state index in [1.807, 2.05) is 40.9 Å². The van der Waals surface area contributed by atoms with Crippen LogP contribution in [0.5, 0.6) is 5.75 Å². The highest BCUT2D eigenvalue weighted by Gasteiger charge is 2.05. The van der Waals surface area contributed by atoms with Crippen LogP contribution in [0.25, 0.3) is 5.65 Å². The summed E-state index contributed by atoms with van der Waals surface area (Å²) in [6.07, 6.45) is 3.85. The van der Waals surface area contributed by atoms with Gasteiger partial charge >= 0.3 is 0 Å². The van der Waals surface area contributed by atoms with Crippen molar-refractivity contribution in [1.29, 1.82) is 0 Å². The van der Waals surface area contributed by atoms with Crippen molar-refractivity contribution in [3.63, 3.8) is 0 Å². The van der Waals surface area contributed by atoms with Crippen molar-refractivity contribution < 1.29 is 4.74 Å². The van der Waals surface area contributed by atoms with Crippen LogP contribution in [0.3, 0.4) is 0 Å². The Balaban J connectivity index is 0.00000280. The van der Waals surface area contributed by atoms with E-state index in [4.69, 9.17) is 4.74 Å². The number of hydrogen-bond donors (Lipinski definition) is 2. The van der Waals surface area contributed by atoms with E-state index in [-0.39, 0.29) is 24.0 Å². The van der Waals surface area contributed by atoms with Crippen LogP contribution in [0.2, 0.25) is 0 Å². The monoisotopic (exact) mass is 494 g/mol. The number of benzene rings is 1. The van der Waals surface area contributed by atoms with E-state index < -0.39 is 0 Å². The van der Waals surface area contributed by atoms with E-state index in [1.54, 1.807) is 7.05 Å². The SMILES string of the molecule is CCCOc1cccc(CCNC(=NC)NCc2nnc3ccccn23)c1.I. The van der Waals surface area contributed by atoms with Crippen molar-refractivity contribution in [3.8, 4) is 5.75 Å². The minimum atomic E-state index is 0. The van der Waals surface area contributed by atoms with Gasteiger partial charge in [-0.25, -0.2) is 0 Å². The molecule has 0 spiro atoms. The Morgan fingerprint density at radius 1 is 1.14 bits per heavy atom. The summed E-state index contributed by atoms with van der Waals surface area (Å²) in [6.45, 7) is 4.17. The summed E-state index contributed by atoms with van der Waals surface area (Å²) < 4.78 is 7.65. The molecule has 28 heavy (non-hydrogen) atoms. The summed E-state index contributed by atoms with van der Waals surface area (Å²) in [4.78, 5) is 4.27. The number of hydrogen-bond acceptors (Lipinski definition) is 4. The Bertz CT molecular complexity index is 895. The maximum Gasteiger partial charge on any atom is 0.191 e. The largest absolute Gasteiger partial charge is 0.494 e. The van der Waals surface area contributed by atoms with E-state index in [2.05, 4.69) is 44.9 Å². The fraction of sp³-hybridized carbons (Fsp3) is 0.350. The van der Waals surface area contributed by atoms with Gasteiger partial charge < -0.3 is 15.4 Å². The summed E-state index contributed by atoms with van der Waals surface area (Å²) >= 11 is 0. The molecule has 0 radical (unpaired) electrons. The van der Waals surface area contributed by atoms with Crippen molar-refractivity contribution in [3.05, 3.63) is 60.0 Å². The predicted octanol–water partition coefficient (Wildman–Crippen LogP) is 3.04. The zero-order chi connectivity index (χ0) is 18.9. The van der Waals surface area contributed by atoms with Crippen LogP contribution in [0.4, 0.5) is 0 Å². The van der Waals surface area contributed by atoms with Crippen LogP contribution in [0, 0.1) is 0 Å². The molecule has 0 atom stereocenters.